The Hall–Kier alpha value is 0.860. The molecule has 0 aromatic rings. The van der Waals surface area contributed by atoms with Crippen LogP contribution in [-0.2, 0) is 0 Å². The third-order valence-corrected chi connectivity index (χ3v) is 15.0. The summed E-state index contributed by atoms with van der Waals surface area (Å²) in [6.45, 7) is 0. The Bertz CT molecular complexity index is 310. The van der Waals surface area contributed by atoms with Crippen LogP contribution >= 0.6 is 15.8 Å². The SMILES string of the molecule is C1CCC(P2CCCC2[C@H]2CCCP2C2CCCCC2)CC1. The molecule has 2 aliphatic heterocycles. The predicted molar refractivity (Wildman–Crippen MR) is 103 cm³/mol. The minimum Gasteiger partial charge on any atom is -0.0997 e. The average molecular weight is 338 g/mol. The summed E-state index contributed by atoms with van der Waals surface area (Å²) in [5.74, 6) is 0. The summed E-state index contributed by atoms with van der Waals surface area (Å²) in [5, 5.41) is 0. The zero-order valence-electron chi connectivity index (χ0n) is 14.5. The van der Waals surface area contributed by atoms with E-state index in [1.165, 1.54) is 22.6 Å². The van der Waals surface area contributed by atoms with Gasteiger partial charge in [-0.1, -0.05) is 54.4 Å². The van der Waals surface area contributed by atoms with Crippen molar-refractivity contribution in [3.05, 3.63) is 0 Å². The summed E-state index contributed by atoms with van der Waals surface area (Å²) in [6.07, 6.45) is 25.7. The average Bonchev–Trinajstić information content (AvgIpc) is 3.25. The molecule has 0 aromatic heterocycles. The van der Waals surface area contributed by atoms with Gasteiger partial charge in [-0.05, 0) is 86.3 Å². The smallest absolute Gasteiger partial charge is 0.0139 e. The van der Waals surface area contributed by atoms with Crippen LogP contribution in [-0.4, -0.2) is 35.0 Å². The van der Waals surface area contributed by atoms with Crippen LogP contribution in [0.3, 0.4) is 0 Å². The molecule has 0 N–H and O–H groups in total. The van der Waals surface area contributed by atoms with E-state index in [4.69, 9.17) is 0 Å². The molecule has 126 valence electrons. The van der Waals surface area contributed by atoms with E-state index in [0.29, 0.717) is 15.8 Å². The van der Waals surface area contributed by atoms with Crippen LogP contribution < -0.4 is 0 Å². The molecule has 22 heavy (non-hydrogen) atoms. The molecule has 0 radical (unpaired) electrons. The van der Waals surface area contributed by atoms with Gasteiger partial charge in [0, 0.05) is 0 Å². The highest BCUT2D eigenvalue weighted by atomic mass is 31.1. The van der Waals surface area contributed by atoms with Gasteiger partial charge in [0.2, 0.25) is 0 Å². The van der Waals surface area contributed by atoms with Crippen LogP contribution in [0.4, 0.5) is 0 Å². The predicted octanol–water partition coefficient (Wildman–Crippen LogP) is 6.94. The second kappa shape index (κ2) is 7.83. The zero-order valence-corrected chi connectivity index (χ0v) is 16.3. The van der Waals surface area contributed by atoms with E-state index in [2.05, 4.69) is 0 Å². The zero-order chi connectivity index (χ0) is 14.8. The number of hydrogen-bond acceptors (Lipinski definition) is 0. The van der Waals surface area contributed by atoms with Gasteiger partial charge in [-0.25, -0.2) is 0 Å². The first-order chi connectivity index (χ1) is 10.9. The molecule has 0 amide bonds. The highest BCUT2D eigenvalue weighted by Gasteiger charge is 2.44. The Kier molecular flexibility index (Phi) is 5.81. The molecule has 2 aliphatic carbocycles. The Morgan fingerprint density at radius 2 is 0.818 bits per heavy atom. The largest absolute Gasteiger partial charge is 0.0997 e. The quantitative estimate of drug-likeness (QED) is 0.489. The first-order valence-corrected chi connectivity index (χ1v) is 13.8. The van der Waals surface area contributed by atoms with E-state index in [9.17, 15) is 0 Å². The standard InChI is InChI=1S/C20H36P2/c1-3-9-17(10-4-1)21-15-7-13-19(21)20-14-8-16-22(20)18-11-5-2-6-12-18/h17-20H,1-16H2/t19-,20?,21?,22?/m1/s1. The molecule has 0 aromatic carbocycles. The molecular weight excluding hydrogens is 302 g/mol. The summed E-state index contributed by atoms with van der Waals surface area (Å²) in [5.41, 5.74) is 4.90. The van der Waals surface area contributed by atoms with Crippen LogP contribution in [0.5, 0.6) is 0 Å². The molecule has 4 fully saturated rings. The molecular formula is C20H36P2. The molecule has 4 aliphatic rings. The number of rotatable bonds is 3. The summed E-state index contributed by atoms with van der Waals surface area (Å²) in [6, 6.07) is 0. The Morgan fingerprint density at radius 3 is 1.23 bits per heavy atom. The molecule has 2 heteroatoms. The fourth-order valence-electron chi connectivity index (χ4n) is 6.19. The van der Waals surface area contributed by atoms with Gasteiger partial charge >= 0.3 is 0 Å². The Labute approximate surface area is 141 Å². The molecule has 0 nitrogen and oxygen atoms in total. The van der Waals surface area contributed by atoms with Crippen LogP contribution in [0.15, 0.2) is 0 Å². The summed E-state index contributed by atoms with van der Waals surface area (Å²) >= 11 is 0. The molecule has 0 bridgehead atoms. The van der Waals surface area contributed by atoms with Crippen LogP contribution in [0.2, 0.25) is 0 Å². The van der Waals surface area contributed by atoms with Crippen molar-refractivity contribution in [2.75, 3.05) is 12.3 Å². The normalized spacial score (nSPS) is 42.0. The van der Waals surface area contributed by atoms with E-state index in [0.717, 1.165) is 0 Å². The van der Waals surface area contributed by atoms with Crippen molar-refractivity contribution in [2.24, 2.45) is 0 Å². The maximum Gasteiger partial charge on any atom is -0.0139 e. The van der Waals surface area contributed by atoms with Crippen molar-refractivity contribution in [3.63, 3.8) is 0 Å². The molecule has 4 rings (SSSR count). The van der Waals surface area contributed by atoms with Gasteiger partial charge in [0.05, 0.1) is 0 Å². The third-order valence-electron chi connectivity index (χ3n) is 7.22. The summed E-state index contributed by atoms with van der Waals surface area (Å²) in [4.78, 5) is 0. The second-order valence-corrected chi connectivity index (χ2v) is 14.2. The lowest BCUT2D eigenvalue weighted by molar-refractivity contribution is 0.505. The lowest BCUT2D eigenvalue weighted by Crippen LogP contribution is -2.26. The first-order valence-electron chi connectivity index (χ1n) is 10.4. The fraction of sp³-hybridized carbons (Fsp3) is 1.00. The van der Waals surface area contributed by atoms with Gasteiger partial charge in [-0.3, -0.25) is 0 Å². The van der Waals surface area contributed by atoms with E-state index in [1.54, 1.807) is 102 Å². The van der Waals surface area contributed by atoms with Crippen molar-refractivity contribution in [1.82, 2.24) is 0 Å². The molecule has 2 heterocycles. The van der Waals surface area contributed by atoms with E-state index in [-0.39, 0.29) is 0 Å². The van der Waals surface area contributed by atoms with Crippen LogP contribution in [0, 0.1) is 0 Å². The highest BCUT2D eigenvalue weighted by molar-refractivity contribution is 7.64. The van der Waals surface area contributed by atoms with Crippen molar-refractivity contribution < 1.29 is 0 Å². The highest BCUT2D eigenvalue weighted by Crippen LogP contribution is 2.68. The first kappa shape index (κ1) is 16.3. The van der Waals surface area contributed by atoms with Gasteiger partial charge in [0.15, 0.2) is 0 Å². The molecule has 0 spiro atoms. The summed E-state index contributed by atoms with van der Waals surface area (Å²) < 4.78 is 0. The third kappa shape index (κ3) is 3.45. The van der Waals surface area contributed by atoms with Gasteiger partial charge in [0.25, 0.3) is 0 Å². The second-order valence-electron chi connectivity index (χ2n) is 8.48. The molecule has 4 atom stereocenters. The topological polar surface area (TPSA) is 0 Å². The minimum atomic E-state index is 0.431. The Balaban J connectivity index is 1.44. The van der Waals surface area contributed by atoms with Crippen LogP contribution in [0.1, 0.15) is 89.9 Å². The molecule has 2 saturated carbocycles. The van der Waals surface area contributed by atoms with Gasteiger partial charge in [0.1, 0.15) is 0 Å². The van der Waals surface area contributed by atoms with E-state index in [1.807, 2.05) is 0 Å². The fourth-order valence-corrected chi connectivity index (χ4v) is 15.1. The van der Waals surface area contributed by atoms with Gasteiger partial charge < -0.3 is 0 Å². The van der Waals surface area contributed by atoms with Crippen molar-refractivity contribution in [2.45, 2.75) is 113 Å². The van der Waals surface area contributed by atoms with Crippen molar-refractivity contribution in [3.8, 4) is 0 Å². The van der Waals surface area contributed by atoms with E-state index < -0.39 is 0 Å². The monoisotopic (exact) mass is 338 g/mol. The van der Waals surface area contributed by atoms with Crippen molar-refractivity contribution in [1.29, 1.82) is 0 Å². The minimum absolute atomic E-state index is 0.431. The van der Waals surface area contributed by atoms with Gasteiger partial charge in [-0.15, -0.1) is 0 Å². The molecule has 3 unspecified atom stereocenters. The lowest BCUT2D eigenvalue weighted by atomic mass is 10.0. The maximum absolute atomic E-state index is 1.68. The Morgan fingerprint density at radius 1 is 0.409 bits per heavy atom. The maximum atomic E-state index is 1.68. The van der Waals surface area contributed by atoms with Gasteiger partial charge in [-0.2, -0.15) is 0 Å². The summed E-state index contributed by atoms with van der Waals surface area (Å²) in [7, 11) is 0.862. The number of hydrogen-bond donors (Lipinski definition) is 0. The van der Waals surface area contributed by atoms with Crippen molar-refractivity contribution >= 4 is 15.8 Å². The van der Waals surface area contributed by atoms with E-state index >= 15 is 0 Å². The van der Waals surface area contributed by atoms with Crippen LogP contribution in [0.25, 0.3) is 0 Å². The lowest BCUT2D eigenvalue weighted by Gasteiger charge is -2.40. The molecule has 2 saturated heterocycles.